The summed E-state index contributed by atoms with van der Waals surface area (Å²) in [7, 11) is -3.92. The number of benzene rings is 1. The van der Waals surface area contributed by atoms with E-state index in [1.54, 1.807) is 38.1 Å². The Morgan fingerprint density at radius 2 is 1.80 bits per heavy atom. The highest BCUT2D eigenvalue weighted by molar-refractivity contribution is 7.88. The molecule has 2 heterocycles. The number of hydrogen-bond donors (Lipinski definition) is 2. The van der Waals surface area contributed by atoms with Gasteiger partial charge in [0.15, 0.2) is 6.17 Å². The highest BCUT2D eigenvalue weighted by Crippen LogP contribution is 2.26. The van der Waals surface area contributed by atoms with Crippen LogP contribution in [0.4, 0.5) is 0 Å². The van der Waals surface area contributed by atoms with Crippen LogP contribution in [0, 0.1) is 13.8 Å². The molecule has 2 aliphatic rings. The van der Waals surface area contributed by atoms with Gasteiger partial charge < -0.3 is 20.5 Å². The molecule has 4 rings (SSSR count). The Balaban J connectivity index is 1.66. The molecular formula is C24H33N5O5S. The Bertz CT molecular complexity index is 1140. The van der Waals surface area contributed by atoms with Gasteiger partial charge >= 0.3 is 0 Å². The van der Waals surface area contributed by atoms with Gasteiger partial charge in [-0.05, 0) is 51.5 Å². The Kier molecular flexibility index (Phi) is 7.58. The standard InChI is InChI=1S/C24H33N5O5S/c1-16-21(17(2)34-27-16)24(31)28-13-6-14-29(35(32,33)15-18-7-4-3-5-8-18)23(28)22(30)26-20-11-9-19(25)10-12-20/h3-5,7-8,19-20,23H,6,9-15,25H2,1-2H3,(H,26,30). The predicted molar refractivity (Wildman–Crippen MR) is 130 cm³/mol. The number of nitrogens with zero attached hydrogens (tertiary/aromatic N) is 3. The van der Waals surface area contributed by atoms with Crippen LogP contribution in [0.1, 0.15) is 59.5 Å². The van der Waals surface area contributed by atoms with Crippen molar-refractivity contribution in [3.63, 3.8) is 0 Å². The van der Waals surface area contributed by atoms with Gasteiger partial charge in [-0.3, -0.25) is 9.59 Å². The molecule has 1 atom stereocenters. The summed E-state index contributed by atoms with van der Waals surface area (Å²) in [6.45, 7) is 3.67. The van der Waals surface area contributed by atoms with E-state index in [2.05, 4.69) is 10.5 Å². The van der Waals surface area contributed by atoms with Gasteiger partial charge in [0.25, 0.3) is 11.8 Å². The Hall–Kier alpha value is -2.76. The molecule has 10 nitrogen and oxygen atoms in total. The van der Waals surface area contributed by atoms with Gasteiger partial charge in [-0.2, -0.15) is 4.31 Å². The van der Waals surface area contributed by atoms with Crippen molar-refractivity contribution in [1.29, 1.82) is 0 Å². The minimum atomic E-state index is -3.92. The van der Waals surface area contributed by atoms with Crippen molar-refractivity contribution in [2.24, 2.45) is 5.73 Å². The number of nitrogens with one attached hydrogen (secondary N) is 1. The van der Waals surface area contributed by atoms with Crippen LogP contribution >= 0.6 is 0 Å². The number of carbonyl (C=O) groups excluding carboxylic acids is 2. The van der Waals surface area contributed by atoms with E-state index >= 15 is 0 Å². The van der Waals surface area contributed by atoms with Crippen LogP contribution in [0.15, 0.2) is 34.9 Å². The number of amides is 2. The van der Waals surface area contributed by atoms with Crippen LogP contribution in [0.2, 0.25) is 0 Å². The topological polar surface area (TPSA) is 139 Å². The summed E-state index contributed by atoms with van der Waals surface area (Å²) in [6.07, 6.45) is 2.11. The molecule has 190 valence electrons. The minimum Gasteiger partial charge on any atom is -0.361 e. The van der Waals surface area contributed by atoms with Crippen molar-refractivity contribution in [2.45, 2.75) is 70.0 Å². The largest absolute Gasteiger partial charge is 0.361 e. The fraction of sp³-hybridized carbons (Fsp3) is 0.542. The lowest BCUT2D eigenvalue weighted by Gasteiger charge is -2.42. The molecule has 0 radical (unpaired) electrons. The maximum Gasteiger partial charge on any atom is 0.261 e. The fourth-order valence-electron chi connectivity index (χ4n) is 4.91. The van der Waals surface area contributed by atoms with Crippen LogP contribution in [-0.2, 0) is 20.6 Å². The van der Waals surface area contributed by atoms with E-state index < -0.39 is 28.0 Å². The third-order valence-electron chi connectivity index (χ3n) is 6.76. The van der Waals surface area contributed by atoms with E-state index in [0.717, 1.165) is 12.8 Å². The molecule has 1 aromatic carbocycles. The van der Waals surface area contributed by atoms with Gasteiger partial charge in [-0.15, -0.1) is 0 Å². The van der Waals surface area contributed by atoms with Crippen LogP contribution in [0.3, 0.4) is 0 Å². The van der Waals surface area contributed by atoms with Crippen molar-refractivity contribution in [3.05, 3.63) is 52.9 Å². The van der Waals surface area contributed by atoms with Crippen molar-refractivity contribution in [1.82, 2.24) is 19.7 Å². The van der Waals surface area contributed by atoms with Crippen molar-refractivity contribution < 1.29 is 22.5 Å². The van der Waals surface area contributed by atoms with Crippen molar-refractivity contribution in [2.75, 3.05) is 13.1 Å². The highest BCUT2D eigenvalue weighted by atomic mass is 32.2. The summed E-state index contributed by atoms with van der Waals surface area (Å²) < 4.78 is 33.4. The molecule has 2 amide bonds. The van der Waals surface area contributed by atoms with Crippen LogP contribution in [0.5, 0.6) is 0 Å². The van der Waals surface area contributed by atoms with Gasteiger partial charge in [-0.25, -0.2) is 8.42 Å². The number of nitrogens with two attached hydrogens (primary N) is 1. The Labute approximate surface area is 205 Å². The summed E-state index contributed by atoms with van der Waals surface area (Å²) in [5, 5.41) is 6.86. The first-order chi connectivity index (χ1) is 16.7. The zero-order chi connectivity index (χ0) is 25.2. The average molecular weight is 504 g/mol. The second-order valence-electron chi connectivity index (χ2n) is 9.40. The van der Waals surface area contributed by atoms with E-state index in [1.807, 2.05) is 6.07 Å². The van der Waals surface area contributed by atoms with Crippen molar-refractivity contribution in [3.8, 4) is 0 Å². The molecule has 11 heteroatoms. The summed E-state index contributed by atoms with van der Waals surface area (Å²) in [4.78, 5) is 28.6. The number of aromatic nitrogens is 1. The zero-order valence-corrected chi connectivity index (χ0v) is 21.0. The minimum absolute atomic E-state index is 0.109. The first-order valence-corrected chi connectivity index (χ1v) is 13.6. The van der Waals surface area contributed by atoms with E-state index in [-0.39, 0.29) is 36.5 Å². The van der Waals surface area contributed by atoms with Gasteiger partial charge in [0.05, 0.1) is 11.4 Å². The van der Waals surface area contributed by atoms with Gasteiger partial charge in [-0.1, -0.05) is 35.5 Å². The average Bonchev–Trinajstić information content (AvgIpc) is 3.17. The van der Waals surface area contributed by atoms with Crippen LogP contribution < -0.4 is 11.1 Å². The molecule has 1 aliphatic heterocycles. The van der Waals surface area contributed by atoms with Gasteiger partial charge in [0.2, 0.25) is 10.0 Å². The molecule has 35 heavy (non-hydrogen) atoms. The molecule has 1 saturated carbocycles. The summed E-state index contributed by atoms with van der Waals surface area (Å²) in [5.74, 6) is -0.894. The first-order valence-electron chi connectivity index (χ1n) is 12.0. The monoisotopic (exact) mass is 503 g/mol. The number of hydrogen-bond acceptors (Lipinski definition) is 7. The van der Waals surface area contributed by atoms with E-state index in [1.165, 1.54) is 9.21 Å². The second kappa shape index (κ2) is 10.5. The molecule has 1 saturated heterocycles. The smallest absolute Gasteiger partial charge is 0.261 e. The maximum absolute atomic E-state index is 13.6. The fourth-order valence-corrected chi connectivity index (χ4v) is 6.61. The number of carbonyl (C=O) groups is 2. The van der Waals surface area contributed by atoms with Crippen molar-refractivity contribution >= 4 is 21.8 Å². The molecule has 3 N–H and O–H groups in total. The maximum atomic E-state index is 13.6. The lowest BCUT2D eigenvalue weighted by molar-refractivity contribution is -0.132. The zero-order valence-electron chi connectivity index (χ0n) is 20.1. The predicted octanol–water partition coefficient (Wildman–Crippen LogP) is 1.68. The summed E-state index contributed by atoms with van der Waals surface area (Å²) in [6, 6.07) is 8.81. The third-order valence-corrected chi connectivity index (χ3v) is 8.55. The lowest BCUT2D eigenvalue weighted by atomic mass is 9.92. The molecule has 1 unspecified atom stereocenters. The highest BCUT2D eigenvalue weighted by Gasteiger charge is 2.45. The third kappa shape index (κ3) is 5.57. The molecule has 0 bridgehead atoms. The number of rotatable bonds is 6. The second-order valence-corrected chi connectivity index (χ2v) is 11.3. The lowest BCUT2D eigenvalue weighted by Crippen LogP contribution is -2.64. The van der Waals surface area contributed by atoms with E-state index in [9.17, 15) is 18.0 Å². The molecule has 0 spiro atoms. The Morgan fingerprint density at radius 1 is 1.11 bits per heavy atom. The Morgan fingerprint density at radius 3 is 2.43 bits per heavy atom. The SMILES string of the molecule is Cc1noc(C)c1C(=O)N1CCCN(S(=O)(=O)Cc2ccccc2)C1C(=O)NC1CCC(N)CC1. The van der Waals surface area contributed by atoms with Gasteiger partial charge in [0.1, 0.15) is 11.3 Å². The summed E-state index contributed by atoms with van der Waals surface area (Å²) in [5.41, 5.74) is 7.27. The van der Waals surface area contributed by atoms with E-state index in [4.69, 9.17) is 10.3 Å². The molecule has 1 aromatic heterocycles. The molecule has 1 aliphatic carbocycles. The molecular weight excluding hydrogens is 470 g/mol. The number of sulfonamides is 1. The quantitative estimate of drug-likeness (QED) is 0.611. The molecule has 2 aromatic rings. The van der Waals surface area contributed by atoms with Gasteiger partial charge in [0, 0.05) is 25.2 Å². The first kappa shape index (κ1) is 25.3. The van der Waals surface area contributed by atoms with Crippen LogP contribution in [-0.4, -0.2) is 65.9 Å². The van der Waals surface area contributed by atoms with E-state index in [0.29, 0.717) is 36.3 Å². The number of aryl methyl sites for hydroxylation is 2. The molecule has 2 fully saturated rings. The van der Waals surface area contributed by atoms with Crippen LogP contribution in [0.25, 0.3) is 0 Å². The normalized spacial score (nSPS) is 23.7. The summed E-state index contributed by atoms with van der Waals surface area (Å²) >= 11 is 0.